The van der Waals surface area contributed by atoms with Crippen molar-refractivity contribution in [1.82, 2.24) is 14.7 Å². The van der Waals surface area contributed by atoms with E-state index in [1.165, 1.54) is 13.2 Å². The Bertz CT molecular complexity index is 1860. The number of esters is 1. The Balaban J connectivity index is 0.000000304. The van der Waals surface area contributed by atoms with Gasteiger partial charge in [-0.15, -0.1) is 23.4 Å². The number of hydrogen-bond donors (Lipinski definition) is 4. The van der Waals surface area contributed by atoms with Crippen molar-refractivity contribution in [3.05, 3.63) is 66.8 Å². The number of anilines is 1. The summed E-state index contributed by atoms with van der Waals surface area (Å²) in [4.78, 5) is 68.2. The van der Waals surface area contributed by atoms with Gasteiger partial charge in [-0.25, -0.2) is 14.1 Å². The van der Waals surface area contributed by atoms with Gasteiger partial charge in [-0.3, -0.25) is 38.6 Å². The quantitative estimate of drug-likeness (QED) is 0.0580. The molecular formula is C32H43Cl2FN5O10PS2. The van der Waals surface area contributed by atoms with Crippen molar-refractivity contribution >= 4 is 83.1 Å². The van der Waals surface area contributed by atoms with E-state index < -0.39 is 38.2 Å². The SMILES string of the molecule is CCc1cccc(CC)c1N(COC)C(=O)CCl.COC(=O)CSc1cc(N=c2sc(=O)n3n2CCCC3)c(F)cc1Cl.O=C(O)CNCP(=O)(O)O. The average molecular weight is 843 g/mol. The summed E-state index contributed by atoms with van der Waals surface area (Å²) in [5, 5.41) is 10.3. The van der Waals surface area contributed by atoms with Crippen LogP contribution in [-0.2, 0) is 54.4 Å². The van der Waals surface area contributed by atoms with Crippen LogP contribution in [0.4, 0.5) is 15.8 Å². The van der Waals surface area contributed by atoms with Crippen molar-refractivity contribution in [2.45, 2.75) is 57.5 Å². The van der Waals surface area contributed by atoms with E-state index in [1.807, 2.05) is 18.2 Å². The number of carbonyl (C=O) groups is 3. The zero-order chi connectivity index (χ0) is 39.7. The number of fused-ring (bicyclic) bond motifs is 1. The molecule has 0 unspecified atom stereocenters. The minimum absolute atomic E-state index is 0.0371. The summed E-state index contributed by atoms with van der Waals surface area (Å²) in [6, 6.07) is 8.75. The molecule has 0 bridgehead atoms. The maximum atomic E-state index is 14.3. The first-order valence-corrected chi connectivity index (χ1v) is 20.6. The lowest BCUT2D eigenvalue weighted by Crippen LogP contribution is -2.35. The van der Waals surface area contributed by atoms with E-state index in [2.05, 4.69) is 28.9 Å². The number of carboxylic acid groups (broad SMARTS) is 1. The molecule has 3 aromatic rings. The lowest BCUT2D eigenvalue weighted by atomic mass is 10.0. The molecule has 0 saturated carbocycles. The summed E-state index contributed by atoms with van der Waals surface area (Å²) < 4.78 is 37.4. The van der Waals surface area contributed by atoms with Gasteiger partial charge in [-0.2, -0.15) is 0 Å². The fourth-order valence-electron chi connectivity index (χ4n) is 4.76. The van der Waals surface area contributed by atoms with Crippen LogP contribution in [0.15, 0.2) is 45.0 Å². The molecule has 0 aliphatic carbocycles. The molecule has 294 valence electrons. The van der Waals surface area contributed by atoms with Gasteiger partial charge < -0.3 is 24.4 Å². The van der Waals surface area contributed by atoms with E-state index in [0.29, 0.717) is 22.8 Å². The predicted molar refractivity (Wildman–Crippen MR) is 203 cm³/mol. The Hall–Kier alpha value is -3.06. The zero-order valence-electron chi connectivity index (χ0n) is 29.6. The summed E-state index contributed by atoms with van der Waals surface area (Å²) in [6.07, 6.45) is 3.05. The smallest absolute Gasteiger partial charge is 0.339 e. The van der Waals surface area contributed by atoms with Gasteiger partial charge in [0.2, 0.25) is 10.7 Å². The monoisotopic (exact) mass is 841 g/mol. The molecule has 0 spiro atoms. The van der Waals surface area contributed by atoms with E-state index in [1.54, 1.807) is 21.4 Å². The van der Waals surface area contributed by atoms with Gasteiger partial charge >= 0.3 is 24.4 Å². The first-order chi connectivity index (χ1) is 25.1. The zero-order valence-corrected chi connectivity index (χ0v) is 33.6. The fourth-order valence-corrected chi connectivity index (χ4v) is 7.30. The van der Waals surface area contributed by atoms with Crippen LogP contribution in [0.25, 0.3) is 0 Å². The third kappa shape index (κ3) is 14.9. The number of aryl methyl sites for hydroxylation is 2. The third-order valence-corrected chi connectivity index (χ3v) is 10.4. The van der Waals surface area contributed by atoms with Crippen molar-refractivity contribution in [2.24, 2.45) is 4.99 Å². The van der Waals surface area contributed by atoms with Crippen molar-refractivity contribution in [2.75, 3.05) is 50.3 Å². The maximum absolute atomic E-state index is 14.3. The predicted octanol–water partition coefficient (Wildman–Crippen LogP) is 4.58. The van der Waals surface area contributed by atoms with Gasteiger partial charge in [0, 0.05) is 25.1 Å². The lowest BCUT2D eigenvalue weighted by molar-refractivity contribution is -0.137. The topological polar surface area (TPSA) is 202 Å². The molecule has 1 aliphatic heterocycles. The number of alkyl halides is 1. The molecule has 1 aliphatic rings. The third-order valence-electron chi connectivity index (χ3n) is 7.18. The van der Waals surface area contributed by atoms with E-state index in [0.717, 1.165) is 71.7 Å². The minimum Gasteiger partial charge on any atom is -0.480 e. The number of ether oxygens (including phenoxy) is 2. The van der Waals surface area contributed by atoms with E-state index in [9.17, 15) is 28.1 Å². The molecule has 0 radical (unpaired) electrons. The fraction of sp³-hybridized carbons (Fsp3) is 0.469. The second-order valence-corrected chi connectivity index (χ2v) is 15.2. The highest BCUT2D eigenvalue weighted by atomic mass is 35.5. The van der Waals surface area contributed by atoms with Gasteiger partial charge in [0.25, 0.3) is 0 Å². The Kier molecular flexibility index (Phi) is 20.0. The summed E-state index contributed by atoms with van der Waals surface area (Å²) in [7, 11) is -1.22. The van der Waals surface area contributed by atoms with Crippen LogP contribution >= 0.6 is 53.9 Å². The Morgan fingerprint density at radius 2 is 1.74 bits per heavy atom. The van der Waals surface area contributed by atoms with Crippen LogP contribution < -0.4 is 19.9 Å². The van der Waals surface area contributed by atoms with Crippen LogP contribution in [0, 0.1) is 5.82 Å². The minimum atomic E-state index is -4.10. The van der Waals surface area contributed by atoms with E-state index >= 15 is 0 Å². The summed E-state index contributed by atoms with van der Waals surface area (Å²) in [6.45, 7) is 5.27. The first kappa shape index (κ1) is 46.1. The van der Waals surface area contributed by atoms with Gasteiger partial charge in [0.1, 0.15) is 24.1 Å². The lowest BCUT2D eigenvalue weighted by Gasteiger charge is -2.26. The second-order valence-electron chi connectivity index (χ2n) is 11.0. The van der Waals surface area contributed by atoms with Gasteiger partial charge in [-0.1, -0.05) is 43.6 Å². The first-order valence-electron chi connectivity index (χ1n) is 16.1. The molecule has 53 heavy (non-hydrogen) atoms. The number of hydrogen-bond acceptors (Lipinski definition) is 11. The molecule has 2 heterocycles. The number of aliphatic carboxylic acids is 1. The molecule has 21 heteroatoms. The number of aromatic nitrogens is 2. The number of amides is 1. The Morgan fingerprint density at radius 3 is 2.26 bits per heavy atom. The summed E-state index contributed by atoms with van der Waals surface area (Å²) >= 11 is 13.8. The second kappa shape index (κ2) is 23.0. The summed E-state index contributed by atoms with van der Waals surface area (Å²) in [5.74, 6) is -2.24. The van der Waals surface area contributed by atoms with Crippen LogP contribution in [0.5, 0.6) is 0 Å². The van der Waals surface area contributed by atoms with E-state index in [4.69, 9.17) is 42.8 Å². The van der Waals surface area contributed by atoms with E-state index in [-0.39, 0.29) is 39.9 Å². The molecule has 0 atom stereocenters. The molecule has 0 fully saturated rings. The number of nitrogens with zero attached hydrogens (tertiary/aromatic N) is 4. The highest BCUT2D eigenvalue weighted by Gasteiger charge is 2.20. The standard InChI is InChI=1S/C15H15ClFN3O3S2.C14H20ClNO2.C3H8NO5P/c1-23-13(21)8-24-12-7-11(10(17)6-9(12)16)18-14-19-4-2-3-5-20(19)15(22)25-14;1-4-11-7-6-8-12(5-2)14(11)16(10-18-3)13(17)9-15;5-3(6)1-4-2-10(7,8)9/h6-7H,2-5,8H2,1H3;6-8H,4-5,9-10H2,1-3H3;4H,1-2H2,(H,5,6)(H2,7,8,9). The molecule has 15 nitrogen and oxygen atoms in total. The van der Waals surface area contributed by atoms with Crippen LogP contribution in [0.3, 0.4) is 0 Å². The normalized spacial score (nSPS) is 12.5. The Labute approximate surface area is 323 Å². The summed E-state index contributed by atoms with van der Waals surface area (Å²) in [5.41, 5.74) is 3.32. The van der Waals surface area contributed by atoms with Gasteiger partial charge in [0.05, 0.1) is 36.4 Å². The number of rotatable bonds is 14. The molecule has 1 amide bonds. The molecule has 0 saturated heterocycles. The number of methoxy groups -OCH3 is 2. The van der Waals surface area contributed by atoms with Crippen molar-refractivity contribution in [3.8, 4) is 0 Å². The number of halogens is 3. The van der Waals surface area contributed by atoms with Crippen LogP contribution in [-0.4, -0.2) is 87.5 Å². The van der Waals surface area contributed by atoms with Crippen molar-refractivity contribution in [3.63, 3.8) is 0 Å². The van der Waals surface area contributed by atoms with Crippen LogP contribution in [0.1, 0.15) is 37.8 Å². The van der Waals surface area contributed by atoms with Crippen molar-refractivity contribution < 1.29 is 47.7 Å². The number of nitrogens with one attached hydrogen (secondary N) is 1. The van der Waals surface area contributed by atoms with Gasteiger partial charge in [0.15, 0.2) is 0 Å². The maximum Gasteiger partial charge on any atom is 0.339 e. The highest BCUT2D eigenvalue weighted by Crippen LogP contribution is 2.33. The number of benzene rings is 2. The van der Waals surface area contributed by atoms with Crippen molar-refractivity contribution in [1.29, 1.82) is 0 Å². The molecule has 4 rings (SSSR count). The average Bonchev–Trinajstić information content (AvgIpc) is 3.44. The molecule has 4 N–H and O–H groups in total. The van der Waals surface area contributed by atoms with Gasteiger partial charge in [-0.05, 0) is 60.3 Å². The largest absolute Gasteiger partial charge is 0.480 e. The number of thioether (sulfide) groups is 1. The highest BCUT2D eigenvalue weighted by molar-refractivity contribution is 8.00. The molecule has 1 aromatic heterocycles. The number of carboxylic acids is 1. The van der Waals surface area contributed by atoms with Crippen LogP contribution in [0.2, 0.25) is 5.02 Å². The molecule has 2 aromatic carbocycles. The molecular weight excluding hydrogens is 799 g/mol. The number of carbonyl (C=O) groups excluding carboxylic acids is 2. The Morgan fingerprint density at radius 1 is 1.11 bits per heavy atom. The number of para-hydroxylation sites is 1.